The van der Waals surface area contributed by atoms with Crippen molar-refractivity contribution in [1.29, 1.82) is 0 Å². The van der Waals surface area contributed by atoms with E-state index in [4.69, 9.17) is 4.74 Å². The Morgan fingerprint density at radius 3 is 2.26 bits per heavy atom. The molecule has 0 aromatic heterocycles. The summed E-state index contributed by atoms with van der Waals surface area (Å²) in [6.07, 6.45) is 1.05. The Hall–Kier alpha value is -1.26. The molecule has 0 aliphatic rings. The van der Waals surface area contributed by atoms with Gasteiger partial charge in [-0.05, 0) is 44.0 Å². The summed E-state index contributed by atoms with van der Waals surface area (Å²) in [5.74, 6) is 1.56. The molecule has 0 spiro atoms. The summed E-state index contributed by atoms with van der Waals surface area (Å²) in [5.41, 5.74) is 1.08. The van der Waals surface area contributed by atoms with Gasteiger partial charge in [0, 0.05) is 12.5 Å². The second-order valence-electron chi connectivity index (χ2n) is 6.29. The van der Waals surface area contributed by atoms with Crippen LogP contribution in [0.3, 0.4) is 0 Å². The van der Waals surface area contributed by atoms with E-state index < -0.39 is 0 Å². The minimum atomic E-state index is -0.0360. The SMILES string of the molecule is CNCC(C)C(=O)NC(C)c1ccc(OCCC(C)C)cc1.Cl. The number of hydrogen-bond donors (Lipinski definition) is 2. The minimum absolute atomic E-state index is 0. The largest absolute Gasteiger partial charge is 0.494 e. The number of rotatable bonds is 9. The molecule has 132 valence electrons. The van der Waals surface area contributed by atoms with Gasteiger partial charge in [-0.2, -0.15) is 0 Å². The molecule has 0 saturated carbocycles. The van der Waals surface area contributed by atoms with Crippen molar-refractivity contribution in [2.75, 3.05) is 20.2 Å². The van der Waals surface area contributed by atoms with Gasteiger partial charge in [0.05, 0.1) is 12.6 Å². The molecule has 2 atom stereocenters. The van der Waals surface area contributed by atoms with Gasteiger partial charge in [0.1, 0.15) is 5.75 Å². The van der Waals surface area contributed by atoms with E-state index in [9.17, 15) is 4.79 Å². The third-order valence-corrected chi connectivity index (χ3v) is 3.66. The van der Waals surface area contributed by atoms with Crippen LogP contribution in [0.5, 0.6) is 5.75 Å². The number of halogens is 1. The summed E-state index contributed by atoms with van der Waals surface area (Å²) in [5, 5.41) is 6.06. The molecule has 1 amide bonds. The average molecular weight is 343 g/mol. The van der Waals surface area contributed by atoms with Crippen LogP contribution in [0.2, 0.25) is 0 Å². The second-order valence-corrected chi connectivity index (χ2v) is 6.29. The van der Waals surface area contributed by atoms with Gasteiger partial charge >= 0.3 is 0 Å². The summed E-state index contributed by atoms with van der Waals surface area (Å²) < 4.78 is 5.71. The lowest BCUT2D eigenvalue weighted by atomic mass is 10.1. The molecule has 1 rings (SSSR count). The smallest absolute Gasteiger partial charge is 0.224 e. The van der Waals surface area contributed by atoms with Crippen LogP contribution in [0.15, 0.2) is 24.3 Å². The molecule has 23 heavy (non-hydrogen) atoms. The molecule has 1 aromatic carbocycles. The Bertz CT molecular complexity index is 449. The molecule has 2 N–H and O–H groups in total. The van der Waals surface area contributed by atoms with Crippen LogP contribution in [0.25, 0.3) is 0 Å². The van der Waals surface area contributed by atoms with Crippen molar-refractivity contribution >= 4 is 18.3 Å². The molecule has 0 aliphatic heterocycles. The number of amides is 1. The van der Waals surface area contributed by atoms with Gasteiger partial charge in [-0.3, -0.25) is 4.79 Å². The fraction of sp³-hybridized carbons (Fsp3) is 0.611. The first-order valence-electron chi connectivity index (χ1n) is 8.11. The molecule has 5 heteroatoms. The summed E-state index contributed by atoms with van der Waals surface area (Å²) in [4.78, 5) is 12.0. The maximum absolute atomic E-state index is 12.0. The quantitative estimate of drug-likeness (QED) is 0.721. The highest BCUT2D eigenvalue weighted by Gasteiger charge is 2.15. The Morgan fingerprint density at radius 2 is 1.74 bits per heavy atom. The van der Waals surface area contributed by atoms with Crippen molar-refractivity contribution in [3.05, 3.63) is 29.8 Å². The molecule has 0 radical (unpaired) electrons. The van der Waals surface area contributed by atoms with Gasteiger partial charge in [0.15, 0.2) is 0 Å². The Morgan fingerprint density at radius 1 is 1.13 bits per heavy atom. The molecule has 0 saturated heterocycles. The number of carbonyl (C=O) groups is 1. The summed E-state index contributed by atoms with van der Waals surface area (Å²) in [6.45, 7) is 9.71. The first kappa shape index (κ1) is 21.7. The van der Waals surface area contributed by atoms with Crippen molar-refractivity contribution in [3.8, 4) is 5.75 Å². The molecule has 1 aromatic rings. The zero-order valence-electron chi connectivity index (χ0n) is 14.9. The zero-order chi connectivity index (χ0) is 16.5. The Labute approximate surface area is 146 Å². The molecule has 0 aliphatic carbocycles. The molecule has 2 unspecified atom stereocenters. The monoisotopic (exact) mass is 342 g/mol. The number of nitrogens with one attached hydrogen (secondary N) is 2. The minimum Gasteiger partial charge on any atom is -0.494 e. The maximum atomic E-state index is 12.0. The Balaban J connectivity index is 0.00000484. The van der Waals surface area contributed by atoms with Gasteiger partial charge in [-0.25, -0.2) is 0 Å². The molecule has 0 fully saturated rings. The number of ether oxygens (including phenoxy) is 1. The maximum Gasteiger partial charge on any atom is 0.224 e. The second kappa shape index (κ2) is 11.3. The Kier molecular flexibility index (Phi) is 10.7. The average Bonchev–Trinajstić information content (AvgIpc) is 2.47. The first-order valence-corrected chi connectivity index (χ1v) is 8.11. The predicted octanol–water partition coefficient (Wildman–Crippen LogP) is 3.57. The third kappa shape index (κ3) is 8.24. The van der Waals surface area contributed by atoms with Crippen molar-refractivity contribution in [1.82, 2.24) is 10.6 Å². The van der Waals surface area contributed by atoms with Crippen molar-refractivity contribution in [2.24, 2.45) is 11.8 Å². The van der Waals surface area contributed by atoms with Crippen LogP contribution in [-0.2, 0) is 4.79 Å². The summed E-state index contributed by atoms with van der Waals surface area (Å²) in [7, 11) is 1.85. The van der Waals surface area contributed by atoms with E-state index in [1.165, 1.54) is 0 Å². The van der Waals surface area contributed by atoms with Crippen LogP contribution < -0.4 is 15.4 Å². The lowest BCUT2D eigenvalue weighted by Gasteiger charge is -2.18. The van der Waals surface area contributed by atoms with Crippen LogP contribution in [0.4, 0.5) is 0 Å². The van der Waals surface area contributed by atoms with Gasteiger partial charge in [0.25, 0.3) is 0 Å². The standard InChI is InChI=1S/C18H30N2O2.ClH/c1-13(2)10-11-22-17-8-6-16(7-9-17)15(4)20-18(21)14(3)12-19-5;/h6-9,13-15,19H,10-12H2,1-5H3,(H,20,21);1H. The topological polar surface area (TPSA) is 50.4 Å². The normalized spacial score (nSPS) is 13.1. The molecule has 0 heterocycles. The van der Waals surface area contributed by atoms with Gasteiger partial charge in [-0.1, -0.05) is 32.9 Å². The molecular weight excluding hydrogens is 312 g/mol. The van der Waals surface area contributed by atoms with E-state index in [1.54, 1.807) is 0 Å². The number of carbonyl (C=O) groups excluding carboxylic acids is 1. The fourth-order valence-electron chi connectivity index (χ4n) is 2.10. The van der Waals surface area contributed by atoms with Crippen LogP contribution in [-0.4, -0.2) is 26.1 Å². The third-order valence-electron chi connectivity index (χ3n) is 3.66. The van der Waals surface area contributed by atoms with Gasteiger partial charge in [-0.15, -0.1) is 12.4 Å². The van der Waals surface area contributed by atoms with Crippen molar-refractivity contribution in [3.63, 3.8) is 0 Å². The van der Waals surface area contributed by atoms with E-state index in [0.29, 0.717) is 12.5 Å². The predicted molar refractivity (Wildman–Crippen MR) is 98.3 cm³/mol. The van der Waals surface area contributed by atoms with E-state index in [2.05, 4.69) is 24.5 Å². The van der Waals surface area contributed by atoms with Crippen LogP contribution in [0.1, 0.15) is 45.7 Å². The highest BCUT2D eigenvalue weighted by atomic mass is 35.5. The van der Waals surface area contributed by atoms with Crippen LogP contribution in [0, 0.1) is 11.8 Å². The molecule has 0 bridgehead atoms. The molecule has 4 nitrogen and oxygen atoms in total. The van der Waals surface area contributed by atoms with Crippen LogP contribution >= 0.6 is 12.4 Å². The van der Waals surface area contributed by atoms with E-state index in [0.717, 1.165) is 24.3 Å². The number of hydrogen-bond acceptors (Lipinski definition) is 3. The first-order chi connectivity index (χ1) is 10.4. The molecular formula is C18H31ClN2O2. The van der Waals surface area contributed by atoms with E-state index in [-0.39, 0.29) is 30.3 Å². The highest BCUT2D eigenvalue weighted by Crippen LogP contribution is 2.18. The highest BCUT2D eigenvalue weighted by molar-refractivity contribution is 5.85. The number of benzene rings is 1. The van der Waals surface area contributed by atoms with E-state index in [1.807, 2.05) is 45.2 Å². The zero-order valence-corrected chi connectivity index (χ0v) is 15.7. The fourth-order valence-corrected chi connectivity index (χ4v) is 2.10. The lowest BCUT2D eigenvalue weighted by molar-refractivity contribution is -0.125. The van der Waals surface area contributed by atoms with Gasteiger partial charge < -0.3 is 15.4 Å². The van der Waals surface area contributed by atoms with Gasteiger partial charge in [0.2, 0.25) is 5.91 Å². The summed E-state index contributed by atoms with van der Waals surface area (Å²) in [6, 6.07) is 7.96. The van der Waals surface area contributed by atoms with Crippen molar-refractivity contribution < 1.29 is 9.53 Å². The summed E-state index contributed by atoms with van der Waals surface area (Å²) >= 11 is 0. The lowest BCUT2D eigenvalue weighted by Crippen LogP contribution is -2.35. The van der Waals surface area contributed by atoms with Crippen molar-refractivity contribution in [2.45, 2.75) is 40.2 Å². The van der Waals surface area contributed by atoms with E-state index >= 15 is 0 Å².